The summed E-state index contributed by atoms with van der Waals surface area (Å²) in [5.41, 5.74) is 0. The fourth-order valence-electron chi connectivity index (χ4n) is 1.80. The van der Waals surface area contributed by atoms with E-state index in [0.29, 0.717) is 12.0 Å². The van der Waals surface area contributed by atoms with Crippen molar-refractivity contribution < 1.29 is 4.79 Å². The average molecular weight is 169 g/mol. The van der Waals surface area contributed by atoms with Crippen LogP contribution in [-0.2, 0) is 4.79 Å². The minimum Gasteiger partial charge on any atom is -0.353 e. The van der Waals surface area contributed by atoms with Crippen LogP contribution < -0.4 is 5.32 Å². The second kappa shape index (κ2) is 4.48. The molecular formula is C10H19NO. The van der Waals surface area contributed by atoms with Gasteiger partial charge in [-0.15, -0.1) is 0 Å². The lowest BCUT2D eigenvalue weighted by molar-refractivity contribution is -0.123. The van der Waals surface area contributed by atoms with Gasteiger partial charge in [0.05, 0.1) is 0 Å². The molecule has 1 aliphatic heterocycles. The zero-order valence-corrected chi connectivity index (χ0v) is 8.10. The van der Waals surface area contributed by atoms with Crippen LogP contribution >= 0.6 is 0 Å². The summed E-state index contributed by atoms with van der Waals surface area (Å²) in [6.07, 6.45) is 5.42. The van der Waals surface area contributed by atoms with Gasteiger partial charge in [-0.1, -0.05) is 26.7 Å². The molecule has 0 aromatic rings. The van der Waals surface area contributed by atoms with Crippen LogP contribution in [0.5, 0.6) is 0 Å². The molecule has 0 saturated carbocycles. The van der Waals surface area contributed by atoms with Crippen LogP contribution in [0.2, 0.25) is 0 Å². The highest BCUT2D eigenvalue weighted by molar-refractivity contribution is 5.76. The maximum atomic E-state index is 11.3. The summed E-state index contributed by atoms with van der Waals surface area (Å²) in [6, 6.07) is 0.435. The van der Waals surface area contributed by atoms with E-state index in [4.69, 9.17) is 0 Å². The molecule has 2 unspecified atom stereocenters. The van der Waals surface area contributed by atoms with Crippen molar-refractivity contribution in [1.29, 1.82) is 0 Å². The first-order valence-electron chi connectivity index (χ1n) is 5.01. The van der Waals surface area contributed by atoms with E-state index >= 15 is 0 Å². The van der Waals surface area contributed by atoms with Gasteiger partial charge >= 0.3 is 0 Å². The average Bonchev–Trinajstić information content (AvgIpc) is 1.99. The number of carbonyl (C=O) groups excluding carboxylic acids is 1. The Morgan fingerprint density at radius 1 is 1.50 bits per heavy atom. The fourth-order valence-corrected chi connectivity index (χ4v) is 1.80. The smallest absolute Gasteiger partial charge is 0.220 e. The van der Waals surface area contributed by atoms with E-state index in [9.17, 15) is 4.79 Å². The Balaban J connectivity index is 2.42. The van der Waals surface area contributed by atoms with Crippen molar-refractivity contribution in [2.24, 2.45) is 5.92 Å². The number of nitrogens with one attached hydrogen (secondary N) is 1. The number of hydrogen-bond acceptors (Lipinski definition) is 1. The SMILES string of the molecule is CCC1CCCC(C)CC(=O)N1. The minimum absolute atomic E-state index is 0.244. The fraction of sp³-hybridized carbons (Fsp3) is 0.900. The Morgan fingerprint density at radius 3 is 2.92 bits per heavy atom. The minimum atomic E-state index is 0.244. The van der Waals surface area contributed by atoms with Gasteiger partial charge in [0.1, 0.15) is 0 Å². The predicted molar refractivity (Wildman–Crippen MR) is 49.9 cm³/mol. The number of amides is 1. The molecule has 1 saturated heterocycles. The molecule has 1 aliphatic rings. The summed E-state index contributed by atoms with van der Waals surface area (Å²) in [5, 5.41) is 3.06. The zero-order chi connectivity index (χ0) is 8.97. The molecule has 1 amide bonds. The maximum Gasteiger partial charge on any atom is 0.220 e. The summed E-state index contributed by atoms with van der Waals surface area (Å²) in [4.78, 5) is 11.3. The predicted octanol–water partition coefficient (Wildman–Crippen LogP) is 2.09. The lowest BCUT2D eigenvalue weighted by Crippen LogP contribution is -2.36. The van der Waals surface area contributed by atoms with Gasteiger partial charge in [0.2, 0.25) is 5.91 Å². The third-order valence-corrected chi connectivity index (χ3v) is 2.64. The summed E-state index contributed by atoms with van der Waals surface area (Å²) in [5.74, 6) is 0.817. The summed E-state index contributed by atoms with van der Waals surface area (Å²) in [7, 11) is 0. The van der Waals surface area contributed by atoms with Crippen molar-refractivity contribution in [2.45, 2.75) is 52.0 Å². The molecule has 0 radical (unpaired) electrons. The zero-order valence-electron chi connectivity index (χ0n) is 8.10. The van der Waals surface area contributed by atoms with Gasteiger partial charge in [0.15, 0.2) is 0 Å². The van der Waals surface area contributed by atoms with Gasteiger partial charge in [-0.2, -0.15) is 0 Å². The molecular weight excluding hydrogens is 150 g/mol. The van der Waals surface area contributed by atoms with Gasteiger partial charge in [0, 0.05) is 12.5 Å². The molecule has 2 heteroatoms. The Bertz CT molecular complexity index is 156. The third-order valence-electron chi connectivity index (χ3n) is 2.64. The van der Waals surface area contributed by atoms with E-state index in [-0.39, 0.29) is 5.91 Å². The molecule has 0 bridgehead atoms. The molecule has 0 spiro atoms. The summed E-state index contributed by atoms with van der Waals surface area (Å²) < 4.78 is 0. The Kier molecular flexibility index (Phi) is 3.57. The molecule has 1 heterocycles. The molecule has 0 aliphatic carbocycles. The molecule has 1 fully saturated rings. The van der Waals surface area contributed by atoms with E-state index in [0.717, 1.165) is 19.3 Å². The van der Waals surface area contributed by atoms with Crippen LogP contribution in [0.4, 0.5) is 0 Å². The monoisotopic (exact) mass is 169 g/mol. The molecule has 2 nitrogen and oxygen atoms in total. The second-order valence-corrected chi connectivity index (χ2v) is 3.91. The van der Waals surface area contributed by atoms with Crippen LogP contribution in [0.25, 0.3) is 0 Å². The topological polar surface area (TPSA) is 29.1 Å². The number of hydrogen-bond donors (Lipinski definition) is 1. The van der Waals surface area contributed by atoms with Crippen LogP contribution in [0, 0.1) is 5.92 Å². The lowest BCUT2D eigenvalue weighted by atomic mass is 9.95. The van der Waals surface area contributed by atoms with Crippen molar-refractivity contribution in [3.05, 3.63) is 0 Å². The van der Waals surface area contributed by atoms with Gasteiger partial charge in [-0.3, -0.25) is 4.79 Å². The maximum absolute atomic E-state index is 11.3. The number of carbonyl (C=O) groups is 1. The van der Waals surface area contributed by atoms with Crippen LogP contribution in [0.1, 0.15) is 46.0 Å². The summed E-state index contributed by atoms with van der Waals surface area (Å²) in [6.45, 7) is 4.29. The standard InChI is InChI=1S/C10H19NO/c1-3-9-6-4-5-8(2)7-10(12)11-9/h8-9H,3-7H2,1-2H3,(H,11,12). The van der Waals surface area contributed by atoms with Crippen molar-refractivity contribution in [1.82, 2.24) is 5.32 Å². The van der Waals surface area contributed by atoms with Crippen LogP contribution in [0.3, 0.4) is 0 Å². The van der Waals surface area contributed by atoms with Gasteiger partial charge in [-0.05, 0) is 18.8 Å². The van der Waals surface area contributed by atoms with E-state index in [1.54, 1.807) is 0 Å². The third kappa shape index (κ3) is 2.84. The van der Waals surface area contributed by atoms with E-state index in [2.05, 4.69) is 19.2 Å². The highest BCUT2D eigenvalue weighted by Gasteiger charge is 2.16. The van der Waals surface area contributed by atoms with Gasteiger partial charge in [-0.25, -0.2) is 0 Å². The largest absolute Gasteiger partial charge is 0.353 e. The molecule has 70 valence electrons. The first kappa shape index (κ1) is 9.56. The van der Waals surface area contributed by atoms with Crippen molar-refractivity contribution in [2.75, 3.05) is 0 Å². The van der Waals surface area contributed by atoms with Crippen LogP contribution in [-0.4, -0.2) is 11.9 Å². The highest BCUT2D eigenvalue weighted by atomic mass is 16.1. The molecule has 1 N–H and O–H groups in total. The Morgan fingerprint density at radius 2 is 2.25 bits per heavy atom. The van der Waals surface area contributed by atoms with Gasteiger partial charge in [0.25, 0.3) is 0 Å². The highest BCUT2D eigenvalue weighted by Crippen LogP contribution is 2.17. The molecule has 1 rings (SSSR count). The molecule has 2 atom stereocenters. The molecule has 0 aromatic carbocycles. The first-order valence-corrected chi connectivity index (χ1v) is 5.01. The molecule has 0 aromatic heterocycles. The van der Waals surface area contributed by atoms with E-state index in [1.165, 1.54) is 12.8 Å². The normalized spacial score (nSPS) is 32.0. The summed E-state index contributed by atoms with van der Waals surface area (Å²) >= 11 is 0. The van der Waals surface area contributed by atoms with E-state index < -0.39 is 0 Å². The van der Waals surface area contributed by atoms with Crippen LogP contribution in [0.15, 0.2) is 0 Å². The lowest BCUT2D eigenvalue weighted by Gasteiger charge is -2.22. The quantitative estimate of drug-likeness (QED) is 0.640. The van der Waals surface area contributed by atoms with Crippen molar-refractivity contribution in [3.8, 4) is 0 Å². The second-order valence-electron chi connectivity index (χ2n) is 3.91. The molecule has 12 heavy (non-hydrogen) atoms. The number of rotatable bonds is 1. The van der Waals surface area contributed by atoms with E-state index in [1.807, 2.05) is 0 Å². The van der Waals surface area contributed by atoms with Crippen molar-refractivity contribution >= 4 is 5.91 Å². The first-order chi connectivity index (χ1) is 5.72. The Labute approximate surface area is 74.7 Å². The van der Waals surface area contributed by atoms with Gasteiger partial charge < -0.3 is 5.32 Å². The Hall–Kier alpha value is -0.530. The van der Waals surface area contributed by atoms with Crippen molar-refractivity contribution in [3.63, 3.8) is 0 Å².